The van der Waals surface area contributed by atoms with Crippen molar-refractivity contribution in [3.05, 3.63) is 44.6 Å². The van der Waals surface area contributed by atoms with Gasteiger partial charge in [-0.25, -0.2) is 14.8 Å². The third kappa shape index (κ3) is 2.79. The molecule has 2 aromatic rings. The summed E-state index contributed by atoms with van der Waals surface area (Å²) in [5.74, 6) is -0.628. The number of benzene rings is 1. The lowest BCUT2D eigenvalue weighted by Gasteiger charge is -2.18. The first-order chi connectivity index (χ1) is 10.1. The van der Waals surface area contributed by atoms with Gasteiger partial charge in [-0.05, 0) is 47.1 Å². The van der Waals surface area contributed by atoms with Crippen molar-refractivity contribution in [2.45, 2.75) is 13.0 Å². The normalized spacial score (nSPS) is 13.8. The van der Waals surface area contributed by atoms with E-state index in [4.69, 9.17) is 11.6 Å². The molecule has 0 amide bonds. The molecule has 0 spiro atoms. The molecule has 1 aromatic heterocycles. The van der Waals surface area contributed by atoms with E-state index in [1.807, 2.05) is 0 Å². The third-order valence-electron chi connectivity index (χ3n) is 3.32. The molecule has 1 aliphatic heterocycles. The number of nitrogens with one attached hydrogen (secondary N) is 1. The van der Waals surface area contributed by atoms with Crippen molar-refractivity contribution in [2.24, 2.45) is 0 Å². The molecule has 0 fully saturated rings. The Morgan fingerprint density at radius 1 is 1.38 bits per heavy atom. The minimum Gasteiger partial charge on any atom is -0.476 e. The molecule has 0 unspecified atom stereocenters. The van der Waals surface area contributed by atoms with Crippen molar-refractivity contribution in [3.63, 3.8) is 0 Å². The second-order valence-corrected chi connectivity index (χ2v) is 5.94. The van der Waals surface area contributed by atoms with E-state index in [2.05, 4.69) is 31.2 Å². The maximum absolute atomic E-state index is 11.4. The van der Waals surface area contributed by atoms with Crippen LogP contribution in [0.4, 0.5) is 0 Å². The number of hydrogen-bond acceptors (Lipinski definition) is 4. The summed E-state index contributed by atoms with van der Waals surface area (Å²) in [7, 11) is 0. The number of carboxylic acid groups (broad SMARTS) is 1. The molecule has 1 aromatic carbocycles. The van der Waals surface area contributed by atoms with Gasteiger partial charge in [0.1, 0.15) is 0 Å². The van der Waals surface area contributed by atoms with Gasteiger partial charge in [-0.2, -0.15) is 0 Å². The van der Waals surface area contributed by atoms with Crippen molar-refractivity contribution >= 4 is 33.5 Å². The van der Waals surface area contributed by atoms with Crippen LogP contribution in [-0.4, -0.2) is 27.6 Å². The molecule has 0 bridgehead atoms. The van der Waals surface area contributed by atoms with E-state index < -0.39 is 5.97 Å². The van der Waals surface area contributed by atoms with Crippen molar-refractivity contribution in [1.29, 1.82) is 0 Å². The summed E-state index contributed by atoms with van der Waals surface area (Å²) < 4.78 is 0.720. The maximum atomic E-state index is 11.4. The second-order valence-electron chi connectivity index (χ2n) is 4.68. The Kier molecular flexibility index (Phi) is 3.93. The lowest BCUT2D eigenvalue weighted by atomic mass is 10.0. The van der Waals surface area contributed by atoms with Crippen LogP contribution in [0.2, 0.25) is 5.02 Å². The number of fused-ring (bicyclic) bond motifs is 1. The highest BCUT2D eigenvalue weighted by atomic mass is 79.9. The number of halogens is 2. The molecule has 21 heavy (non-hydrogen) atoms. The van der Waals surface area contributed by atoms with E-state index >= 15 is 0 Å². The van der Waals surface area contributed by atoms with Gasteiger partial charge in [0.25, 0.3) is 0 Å². The number of rotatable bonds is 2. The summed E-state index contributed by atoms with van der Waals surface area (Å²) in [6.45, 7) is 1.29. The number of carbonyl (C=O) groups is 1. The molecule has 0 radical (unpaired) electrons. The first-order valence-electron chi connectivity index (χ1n) is 6.35. The van der Waals surface area contributed by atoms with Crippen LogP contribution in [0.5, 0.6) is 0 Å². The molecule has 0 saturated heterocycles. The van der Waals surface area contributed by atoms with Gasteiger partial charge in [0.2, 0.25) is 0 Å². The van der Waals surface area contributed by atoms with Gasteiger partial charge < -0.3 is 10.4 Å². The molecule has 7 heteroatoms. The van der Waals surface area contributed by atoms with Crippen LogP contribution in [0.25, 0.3) is 11.4 Å². The van der Waals surface area contributed by atoms with Crippen LogP contribution in [0.15, 0.2) is 22.7 Å². The minimum absolute atomic E-state index is 0.0857. The molecule has 108 valence electrons. The molecule has 0 atom stereocenters. The first kappa shape index (κ1) is 14.4. The van der Waals surface area contributed by atoms with Crippen molar-refractivity contribution in [1.82, 2.24) is 15.3 Å². The number of hydrogen-bond donors (Lipinski definition) is 2. The standard InChI is InChI=1S/C14H11BrClN3O2/c15-9-5-7(1-2-10(9)16)13-18-11-6-17-4-3-8(11)12(19-13)14(20)21/h1-2,5,17H,3-4,6H2,(H,20,21). The topological polar surface area (TPSA) is 75.1 Å². The largest absolute Gasteiger partial charge is 0.476 e. The SMILES string of the molecule is O=C(O)c1nc(-c2ccc(Cl)c(Br)c2)nc2c1CCNC2. The van der Waals surface area contributed by atoms with E-state index in [1.165, 1.54) is 0 Å². The smallest absolute Gasteiger partial charge is 0.354 e. The predicted molar refractivity (Wildman–Crippen MR) is 82.5 cm³/mol. The van der Waals surface area contributed by atoms with Crippen LogP contribution in [-0.2, 0) is 13.0 Å². The Bertz CT molecular complexity index is 736. The lowest BCUT2D eigenvalue weighted by molar-refractivity contribution is 0.0688. The third-order valence-corrected chi connectivity index (χ3v) is 4.53. The number of aromatic nitrogens is 2. The monoisotopic (exact) mass is 367 g/mol. The van der Waals surface area contributed by atoms with E-state index in [1.54, 1.807) is 18.2 Å². The number of aromatic carboxylic acids is 1. The Morgan fingerprint density at radius 2 is 2.19 bits per heavy atom. The van der Waals surface area contributed by atoms with Crippen LogP contribution >= 0.6 is 27.5 Å². The molecule has 1 aliphatic rings. The van der Waals surface area contributed by atoms with E-state index in [0.717, 1.165) is 27.8 Å². The molecule has 0 aliphatic carbocycles. The fourth-order valence-electron chi connectivity index (χ4n) is 2.30. The Balaban J connectivity index is 2.16. The van der Waals surface area contributed by atoms with Gasteiger partial charge in [-0.3, -0.25) is 0 Å². The minimum atomic E-state index is -1.02. The second kappa shape index (κ2) is 5.71. The highest BCUT2D eigenvalue weighted by Crippen LogP contribution is 2.28. The maximum Gasteiger partial charge on any atom is 0.354 e. The average molecular weight is 369 g/mol. The van der Waals surface area contributed by atoms with Gasteiger partial charge in [0, 0.05) is 22.1 Å². The van der Waals surface area contributed by atoms with Crippen LogP contribution < -0.4 is 5.32 Å². The van der Waals surface area contributed by atoms with Crippen LogP contribution in [0.3, 0.4) is 0 Å². The summed E-state index contributed by atoms with van der Waals surface area (Å²) in [4.78, 5) is 20.2. The van der Waals surface area contributed by atoms with Gasteiger partial charge in [-0.1, -0.05) is 11.6 Å². The lowest BCUT2D eigenvalue weighted by Crippen LogP contribution is -2.27. The van der Waals surface area contributed by atoms with Gasteiger partial charge in [0.05, 0.1) is 10.7 Å². The van der Waals surface area contributed by atoms with E-state index in [-0.39, 0.29) is 5.69 Å². The Labute approximate surface area is 134 Å². The van der Waals surface area contributed by atoms with Gasteiger partial charge >= 0.3 is 5.97 Å². The highest BCUT2D eigenvalue weighted by Gasteiger charge is 2.22. The summed E-state index contributed by atoms with van der Waals surface area (Å²) in [5.41, 5.74) is 2.28. The molecule has 5 nitrogen and oxygen atoms in total. The van der Waals surface area contributed by atoms with Gasteiger partial charge in [0.15, 0.2) is 11.5 Å². The number of carboxylic acids is 1. The molecule has 2 heterocycles. The van der Waals surface area contributed by atoms with Crippen molar-refractivity contribution in [2.75, 3.05) is 6.54 Å². The summed E-state index contributed by atoms with van der Waals surface area (Å²) in [6, 6.07) is 5.28. The summed E-state index contributed by atoms with van der Waals surface area (Å²) >= 11 is 9.32. The van der Waals surface area contributed by atoms with E-state index in [9.17, 15) is 9.90 Å². The van der Waals surface area contributed by atoms with Gasteiger partial charge in [-0.15, -0.1) is 0 Å². The Morgan fingerprint density at radius 3 is 2.90 bits per heavy atom. The zero-order chi connectivity index (χ0) is 15.0. The van der Waals surface area contributed by atoms with Crippen molar-refractivity contribution in [3.8, 4) is 11.4 Å². The van der Waals surface area contributed by atoms with E-state index in [0.29, 0.717) is 23.8 Å². The molecule has 2 N–H and O–H groups in total. The molecular weight excluding hydrogens is 358 g/mol. The predicted octanol–water partition coefficient (Wildman–Crippen LogP) is 2.90. The van der Waals surface area contributed by atoms with Crippen molar-refractivity contribution < 1.29 is 9.90 Å². The zero-order valence-corrected chi connectivity index (χ0v) is 13.2. The fourth-order valence-corrected chi connectivity index (χ4v) is 2.80. The quantitative estimate of drug-likeness (QED) is 0.852. The molecular formula is C14H11BrClN3O2. The molecule has 3 rings (SSSR count). The summed E-state index contributed by atoms with van der Waals surface area (Å²) in [5, 5.41) is 13.1. The number of nitrogens with zero attached hydrogens (tertiary/aromatic N) is 2. The fraction of sp³-hybridized carbons (Fsp3) is 0.214. The Hall–Kier alpha value is -1.50. The summed E-state index contributed by atoms with van der Waals surface area (Å²) in [6.07, 6.45) is 0.627. The highest BCUT2D eigenvalue weighted by molar-refractivity contribution is 9.10. The van der Waals surface area contributed by atoms with Crippen LogP contribution in [0.1, 0.15) is 21.7 Å². The van der Waals surface area contributed by atoms with Crippen LogP contribution in [0, 0.1) is 0 Å². The molecule has 0 saturated carbocycles. The average Bonchev–Trinajstić information content (AvgIpc) is 2.48. The zero-order valence-electron chi connectivity index (χ0n) is 10.9. The first-order valence-corrected chi connectivity index (χ1v) is 7.52.